The van der Waals surface area contributed by atoms with Crippen LogP contribution in [-0.2, 0) is 33.5 Å². The lowest BCUT2D eigenvalue weighted by Crippen LogP contribution is -2.22. The number of nitrogens with two attached hydrogens (primary N) is 1. The number of carbonyl (C=O) groups excluding carboxylic acids is 1. The van der Waals surface area contributed by atoms with E-state index in [1.165, 1.54) is 12.5 Å². The molecule has 1 aliphatic rings. The number of halogens is 1. The second-order valence-electron chi connectivity index (χ2n) is 8.15. The molecule has 0 aliphatic carbocycles. The van der Waals surface area contributed by atoms with Gasteiger partial charge in [0, 0.05) is 17.0 Å². The first-order chi connectivity index (χ1) is 16.3. The summed E-state index contributed by atoms with van der Waals surface area (Å²) in [5, 5.41) is 9.87. The van der Waals surface area contributed by atoms with Gasteiger partial charge in [-0.1, -0.05) is 29.8 Å². The van der Waals surface area contributed by atoms with Crippen LogP contribution in [0, 0.1) is 6.92 Å². The lowest BCUT2D eigenvalue weighted by atomic mass is 9.85. The molecule has 178 valence electrons. The Labute approximate surface area is 201 Å². The van der Waals surface area contributed by atoms with Crippen LogP contribution in [0.25, 0.3) is 0 Å². The minimum Gasteiger partial charge on any atom is -0.481 e. The fourth-order valence-electron chi connectivity index (χ4n) is 4.28. The summed E-state index contributed by atoms with van der Waals surface area (Å²) >= 11 is 5.99. The van der Waals surface area contributed by atoms with Gasteiger partial charge in [-0.2, -0.15) is 0 Å². The molecule has 1 fully saturated rings. The van der Waals surface area contributed by atoms with Crippen LogP contribution >= 0.6 is 11.6 Å². The zero-order chi connectivity index (χ0) is 24.2. The molecular weight excluding hydrogens is 460 g/mol. The lowest BCUT2D eigenvalue weighted by molar-refractivity contribution is -0.136. The van der Waals surface area contributed by atoms with Crippen molar-refractivity contribution in [2.24, 2.45) is 5.73 Å². The quantitative estimate of drug-likeness (QED) is 0.463. The topological polar surface area (TPSA) is 125 Å². The zero-order valence-corrected chi connectivity index (χ0v) is 19.4. The number of oxazole rings is 1. The second kappa shape index (κ2) is 10.4. The number of amides is 1. The fourth-order valence-corrected chi connectivity index (χ4v) is 4.41. The largest absolute Gasteiger partial charge is 0.481 e. The number of carbonyl (C=O) groups is 2. The third-order valence-electron chi connectivity index (χ3n) is 5.94. The number of rotatable bonds is 9. The first-order valence-electron chi connectivity index (χ1n) is 10.9. The average Bonchev–Trinajstić information content (AvgIpc) is 3.50. The molecule has 2 heterocycles. The number of aryl methyl sites for hydroxylation is 3. The van der Waals surface area contributed by atoms with Gasteiger partial charge in [0.05, 0.1) is 12.8 Å². The molecule has 2 atom stereocenters. The number of benzene rings is 2. The SMILES string of the molecule is Cc1c(CCC(=O)O)cc(CCc2ccc(Cl)cc2)c(C(N)=O)c1C1COC(c2ncco2)O1. The highest BCUT2D eigenvalue weighted by atomic mass is 35.5. The molecule has 1 aromatic heterocycles. The van der Waals surface area contributed by atoms with Crippen LogP contribution in [0.2, 0.25) is 5.02 Å². The van der Waals surface area contributed by atoms with E-state index < -0.39 is 24.3 Å². The summed E-state index contributed by atoms with van der Waals surface area (Å²) in [7, 11) is 0. The number of ether oxygens (including phenoxy) is 2. The van der Waals surface area contributed by atoms with Gasteiger partial charge >= 0.3 is 5.97 Å². The molecule has 3 N–H and O–H groups in total. The number of hydrogen-bond acceptors (Lipinski definition) is 6. The Morgan fingerprint density at radius 2 is 1.94 bits per heavy atom. The number of primary amides is 1. The Balaban J connectivity index is 1.72. The normalized spacial score (nSPS) is 17.7. The number of aliphatic carboxylic acids is 1. The van der Waals surface area contributed by atoms with Gasteiger partial charge < -0.3 is 24.7 Å². The maximum absolute atomic E-state index is 12.7. The van der Waals surface area contributed by atoms with Crippen LogP contribution in [0.3, 0.4) is 0 Å². The van der Waals surface area contributed by atoms with Gasteiger partial charge in [-0.3, -0.25) is 9.59 Å². The molecule has 34 heavy (non-hydrogen) atoms. The zero-order valence-electron chi connectivity index (χ0n) is 18.6. The number of carboxylic acids is 1. The number of nitrogens with zero attached hydrogens (tertiary/aromatic N) is 1. The molecule has 0 spiro atoms. The minimum atomic E-state index is -0.896. The summed E-state index contributed by atoms with van der Waals surface area (Å²) in [4.78, 5) is 28.0. The smallest absolute Gasteiger partial charge is 0.303 e. The van der Waals surface area contributed by atoms with E-state index in [0.29, 0.717) is 35.4 Å². The fraction of sp³-hybridized carbons (Fsp3) is 0.320. The third-order valence-corrected chi connectivity index (χ3v) is 6.19. The van der Waals surface area contributed by atoms with Crippen molar-refractivity contribution >= 4 is 23.5 Å². The van der Waals surface area contributed by atoms with Gasteiger partial charge in [0.2, 0.25) is 12.2 Å². The van der Waals surface area contributed by atoms with Crippen molar-refractivity contribution in [3.63, 3.8) is 0 Å². The van der Waals surface area contributed by atoms with Crippen molar-refractivity contribution in [1.82, 2.24) is 4.98 Å². The molecule has 0 bridgehead atoms. The van der Waals surface area contributed by atoms with Gasteiger partial charge in [-0.25, -0.2) is 4.98 Å². The van der Waals surface area contributed by atoms with Gasteiger partial charge in [0.25, 0.3) is 5.89 Å². The third kappa shape index (κ3) is 5.30. The van der Waals surface area contributed by atoms with Crippen molar-refractivity contribution in [2.75, 3.05) is 6.61 Å². The molecule has 0 radical (unpaired) electrons. The van der Waals surface area contributed by atoms with Crippen molar-refractivity contribution < 1.29 is 28.6 Å². The predicted octanol–water partition coefficient (Wildman–Crippen LogP) is 4.32. The molecule has 1 amide bonds. The van der Waals surface area contributed by atoms with Crippen LogP contribution in [0.4, 0.5) is 0 Å². The molecule has 4 rings (SSSR count). The van der Waals surface area contributed by atoms with E-state index in [0.717, 1.165) is 22.3 Å². The summed E-state index contributed by atoms with van der Waals surface area (Å²) in [6, 6.07) is 9.39. The van der Waals surface area contributed by atoms with Crippen LogP contribution < -0.4 is 5.73 Å². The van der Waals surface area contributed by atoms with Crippen molar-refractivity contribution in [3.8, 4) is 0 Å². The number of aromatic nitrogens is 1. The first-order valence-corrected chi connectivity index (χ1v) is 11.3. The van der Waals surface area contributed by atoms with E-state index in [2.05, 4.69) is 4.98 Å². The Morgan fingerprint density at radius 3 is 2.59 bits per heavy atom. The maximum Gasteiger partial charge on any atom is 0.303 e. The van der Waals surface area contributed by atoms with E-state index in [1.807, 2.05) is 37.3 Å². The van der Waals surface area contributed by atoms with E-state index in [4.69, 9.17) is 31.2 Å². The van der Waals surface area contributed by atoms with Crippen LogP contribution in [0.5, 0.6) is 0 Å². The highest BCUT2D eigenvalue weighted by molar-refractivity contribution is 6.30. The van der Waals surface area contributed by atoms with E-state index >= 15 is 0 Å². The van der Waals surface area contributed by atoms with Gasteiger partial charge in [0.1, 0.15) is 12.4 Å². The Hall–Kier alpha value is -3.20. The van der Waals surface area contributed by atoms with Crippen LogP contribution in [0.1, 0.15) is 62.9 Å². The Kier molecular flexibility index (Phi) is 7.31. The molecule has 2 aromatic carbocycles. The summed E-state index contributed by atoms with van der Waals surface area (Å²) in [5.41, 5.74) is 10.3. The summed E-state index contributed by atoms with van der Waals surface area (Å²) in [6.07, 6.45) is 3.00. The van der Waals surface area contributed by atoms with Crippen molar-refractivity contribution in [3.05, 3.63) is 87.1 Å². The molecular formula is C25H25ClN2O6. The lowest BCUT2D eigenvalue weighted by Gasteiger charge is -2.22. The average molecular weight is 485 g/mol. The second-order valence-corrected chi connectivity index (χ2v) is 8.59. The van der Waals surface area contributed by atoms with Crippen LogP contribution in [0.15, 0.2) is 47.2 Å². The summed E-state index contributed by atoms with van der Waals surface area (Å²) < 4.78 is 17.1. The minimum absolute atomic E-state index is 0.0339. The maximum atomic E-state index is 12.7. The monoisotopic (exact) mass is 484 g/mol. The van der Waals surface area contributed by atoms with Gasteiger partial charge in [-0.15, -0.1) is 0 Å². The summed E-state index contributed by atoms with van der Waals surface area (Å²) in [6.45, 7) is 2.02. The highest BCUT2D eigenvalue weighted by Crippen LogP contribution is 2.39. The molecule has 2 unspecified atom stereocenters. The molecule has 9 heteroatoms. The van der Waals surface area contributed by atoms with Crippen molar-refractivity contribution in [1.29, 1.82) is 0 Å². The molecule has 8 nitrogen and oxygen atoms in total. The van der Waals surface area contributed by atoms with E-state index in [9.17, 15) is 14.7 Å². The first kappa shape index (κ1) is 23.9. The van der Waals surface area contributed by atoms with Crippen LogP contribution in [-0.4, -0.2) is 28.6 Å². The standard InChI is InChI=1S/C25H25ClN2O6/c1-14-16(6-9-20(29)30)12-17(5-2-15-3-7-18(26)8-4-15)22(23(27)31)21(14)19-13-33-25(34-19)24-28-10-11-32-24/h3-4,7-8,10-12,19,25H,2,5-6,9,13H2,1H3,(H2,27,31)(H,29,30). The number of carboxylic acid groups (broad SMARTS) is 1. The Bertz CT molecular complexity index is 1180. The molecule has 1 saturated heterocycles. The number of hydrogen-bond donors (Lipinski definition) is 2. The van der Waals surface area contributed by atoms with Crippen molar-refractivity contribution in [2.45, 2.75) is 45.0 Å². The Morgan fingerprint density at radius 1 is 1.18 bits per heavy atom. The van der Waals surface area contributed by atoms with E-state index in [-0.39, 0.29) is 18.9 Å². The molecule has 0 saturated carbocycles. The molecule has 3 aromatic rings. The predicted molar refractivity (Wildman–Crippen MR) is 124 cm³/mol. The van der Waals surface area contributed by atoms with Gasteiger partial charge in [0.15, 0.2) is 0 Å². The highest BCUT2D eigenvalue weighted by Gasteiger charge is 2.35. The molecule has 1 aliphatic heterocycles. The van der Waals surface area contributed by atoms with E-state index in [1.54, 1.807) is 0 Å². The van der Waals surface area contributed by atoms with Gasteiger partial charge in [-0.05, 0) is 66.1 Å². The summed E-state index contributed by atoms with van der Waals surface area (Å²) in [5.74, 6) is -1.19.